The van der Waals surface area contributed by atoms with E-state index in [1.54, 1.807) is 13.2 Å². The van der Waals surface area contributed by atoms with Gasteiger partial charge >= 0.3 is 0 Å². The highest BCUT2D eigenvalue weighted by molar-refractivity contribution is 5.41. The molecule has 0 aliphatic heterocycles. The van der Waals surface area contributed by atoms with Crippen molar-refractivity contribution < 1.29 is 9.84 Å². The summed E-state index contributed by atoms with van der Waals surface area (Å²) in [7, 11) is 1.56. The Morgan fingerprint density at radius 1 is 1.29 bits per heavy atom. The monoisotopic (exact) mass is 235 g/mol. The topological polar surface area (TPSA) is 41.5 Å². The molecule has 2 N–H and O–H groups in total. The largest absolute Gasteiger partial charge is 0.504 e. The van der Waals surface area contributed by atoms with Crippen LogP contribution in [0.1, 0.15) is 37.7 Å². The van der Waals surface area contributed by atoms with Crippen LogP contribution in [-0.4, -0.2) is 18.3 Å². The van der Waals surface area contributed by atoms with Gasteiger partial charge in [-0.15, -0.1) is 0 Å². The van der Waals surface area contributed by atoms with Gasteiger partial charge in [-0.2, -0.15) is 0 Å². The van der Waals surface area contributed by atoms with E-state index in [1.165, 1.54) is 32.1 Å². The van der Waals surface area contributed by atoms with E-state index in [2.05, 4.69) is 5.32 Å². The molecule has 94 valence electrons. The second kappa shape index (κ2) is 5.92. The zero-order chi connectivity index (χ0) is 12.1. The first-order valence-corrected chi connectivity index (χ1v) is 6.39. The number of methoxy groups -OCH3 is 1. The second-order valence-corrected chi connectivity index (χ2v) is 4.72. The summed E-state index contributed by atoms with van der Waals surface area (Å²) in [6.07, 6.45) is 6.61. The summed E-state index contributed by atoms with van der Waals surface area (Å²) in [5, 5.41) is 13.2. The number of phenols is 1. The van der Waals surface area contributed by atoms with Crippen LogP contribution in [0.15, 0.2) is 18.2 Å². The molecule has 1 aromatic rings. The number of hydrogen-bond donors (Lipinski definition) is 2. The van der Waals surface area contributed by atoms with E-state index in [4.69, 9.17) is 4.74 Å². The molecule has 0 aromatic heterocycles. The Morgan fingerprint density at radius 3 is 2.71 bits per heavy atom. The van der Waals surface area contributed by atoms with Crippen molar-refractivity contribution in [2.24, 2.45) is 0 Å². The third-order valence-corrected chi connectivity index (χ3v) is 3.44. The molecule has 1 saturated carbocycles. The fourth-order valence-corrected chi connectivity index (χ4v) is 2.41. The minimum absolute atomic E-state index is 0.218. The molecule has 1 aromatic carbocycles. The van der Waals surface area contributed by atoms with E-state index in [1.807, 2.05) is 12.1 Å². The SMILES string of the molecule is COc1ccc(CNC2CCCCC2)cc1O. The number of nitrogens with one attached hydrogen (secondary N) is 1. The van der Waals surface area contributed by atoms with E-state index in [9.17, 15) is 5.11 Å². The van der Waals surface area contributed by atoms with Crippen molar-refractivity contribution in [2.45, 2.75) is 44.7 Å². The molecule has 1 fully saturated rings. The summed E-state index contributed by atoms with van der Waals surface area (Å²) in [5.74, 6) is 0.752. The first kappa shape index (κ1) is 12.2. The fourth-order valence-electron chi connectivity index (χ4n) is 2.41. The number of ether oxygens (including phenoxy) is 1. The number of aromatic hydroxyl groups is 1. The van der Waals surface area contributed by atoms with Gasteiger partial charge < -0.3 is 15.2 Å². The summed E-state index contributed by atoms with van der Waals surface area (Å²) in [4.78, 5) is 0. The molecular weight excluding hydrogens is 214 g/mol. The Bertz CT molecular complexity index is 359. The van der Waals surface area contributed by atoms with Crippen molar-refractivity contribution in [3.8, 4) is 11.5 Å². The van der Waals surface area contributed by atoms with Gasteiger partial charge in [-0.1, -0.05) is 25.3 Å². The van der Waals surface area contributed by atoms with Crippen LogP contribution in [0.5, 0.6) is 11.5 Å². The fraction of sp³-hybridized carbons (Fsp3) is 0.571. The summed E-state index contributed by atoms with van der Waals surface area (Å²) in [6, 6.07) is 6.23. The lowest BCUT2D eigenvalue weighted by Gasteiger charge is -2.22. The normalized spacial score (nSPS) is 17.0. The highest BCUT2D eigenvalue weighted by atomic mass is 16.5. The van der Waals surface area contributed by atoms with Crippen molar-refractivity contribution in [2.75, 3.05) is 7.11 Å². The minimum atomic E-state index is 0.218. The molecule has 3 nitrogen and oxygen atoms in total. The summed E-state index contributed by atoms with van der Waals surface area (Å²) in [5.41, 5.74) is 1.11. The smallest absolute Gasteiger partial charge is 0.160 e. The van der Waals surface area contributed by atoms with E-state index in [0.29, 0.717) is 11.8 Å². The molecule has 0 bridgehead atoms. The standard InChI is InChI=1S/C14H21NO2/c1-17-14-8-7-11(9-13(14)16)10-15-12-5-3-2-4-6-12/h7-9,12,15-16H,2-6,10H2,1H3. The zero-order valence-electron chi connectivity index (χ0n) is 10.4. The van der Waals surface area contributed by atoms with Gasteiger partial charge in [0.2, 0.25) is 0 Å². The molecule has 17 heavy (non-hydrogen) atoms. The lowest BCUT2D eigenvalue weighted by Crippen LogP contribution is -2.30. The lowest BCUT2D eigenvalue weighted by molar-refractivity contribution is 0.367. The van der Waals surface area contributed by atoms with Gasteiger partial charge in [-0.3, -0.25) is 0 Å². The molecule has 0 radical (unpaired) electrons. The Hall–Kier alpha value is -1.22. The molecule has 2 rings (SSSR count). The highest BCUT2D eigenvalue weighted by Gasteiger charge is 2.12. The Kier molecular flexibility index (Phi) is 4.26. The van der Waals surface area contributed by atoms with Gasteiger partial charge in [0.25, 0.3) is 0 Å². The Labute approximate surface area is 103 Å². The number of benzene rings is 1. The molecule has 3 heteroatoms. The molecule has 1 aliphatic rings. The van der Waals surface area contributed by atoms with Gasteiger partial charge in [-0.05, 0) is 30.5 Å². The maximum Gasteiger partial charge on any atom is 0.160 e. The number of hydrogen-bond acceptors (Lipinski definition) is 3. The van der Waals surface area contributed by atoms with Crippen molar-refractivity contribution in [1.29, 1.82) is 0 Å². The summed E-state index contributed by atoms with van der Waals surface area (Å²) >= 11 is 0. The molecule has 0 saturated heterocycles. The summed E-state index contributed by atoms with van der Waals surface area (Å²) in [6.45, 7) is 0.822. The van der Waals surface area contributed by atoms with Crippen LogP contribution in [0.4, 0.5) is 0 Å². The molecular formula is C14H21NO2. The van der Waals surface area contributed by atoms with Crippen molar-refractivity contribution in [1.82, 2.24) is 5.32 Å². The Morgan fingerprint density at radius 2 is 2.06 bits per heavy atom. The van der Waals surface area contributed by atoms with Crippen molar-refractivity contribution in [3.63, 3.8) is 0 Å². The van der Waals surface area contributed by atoms with Crippen LogP contribution in [0, 0.1) is 0 Å². The van der Waals surface area contributed by atoms with E-state index in [-0.39, 0.29) is 5.75 Å². The minimum Gasteiger partial charge on any atom is -0.504 e. The number of rotatable bonds is 4. The zero-order valence-corrected chi connectivity index (χ0v) is 10.4. The second-order valence-electron chi connectivity index (χ2n) is 4.72. The average Bonchev–Trinajstić information content (AvgIpc) is 2.38. The maximum absolute atomic E-state index is 9.68. The van der Waals surface area contributed by atoms with Gasteiger partial charge in [0.15, 0.2) is 11.5 Å². The van der Waals surface area contributed by atoms with Crippen LogP contribution in [0.25, 0.3) is 0 Å². The molecule has 0 amide bonds. The molecule has 0 heterocycles. The van der Waals surface area contributed by atoms with Crippen LogP contribution in [0.3, 0.4) is 0 Å². The van der Waals surface area contributed by atoms with Crippen LogP contribution in [-0.2, 0) is 6.54 Å². The van der Waals surface area contributed by atoms with Crippen LogP contribution < -0.4 is 10.1 Å². The maximum atomic E-state index is 9.68. The van der Waals surface area contributed by atoms with E-state index >= 15 is 0 Å². The van der Waals surface area contributed by atoms with Crippen LogP contribution in [0.2, 0.25) is 0 Å². The third-order valence-electron chi connectivity index (χ3n) is 3.44. The van der Waals surface area contributed by atoms with Gasteiger partial charge in [0, 0.05) is 12.6 Å². The lowest BCUT2D eigenvalue weighted by atomic mass is 9.95. The first-order chi connectivity index (χ1) is 8.29. The first-order valence-electron chi connectivity index (χ1n) is 6.39. The van der Waals surface area contributed by atoms with Gasteiger partial charge in [0.05, 0.1) is 7.11 Å². The molecule has 0 spiro atoms. The van der Waals surface area contributed by atoms with Crippen molar-refractivity contribution >= 4 is 0 Å². The van der Waals surface area contributed by atoms with Crippen molar-refractivity contribution in [3.05, 3.63) is 23.8 Å². The summed E-state index contributed by atoms with van der Waals surface area (Å²) < 4.78 is 5.02. The third kappa shape index (κ3) is 3.37. The number of phenolic OH excluding ortho intramolecular Hbond substituents is 1. The van der Waals surface area contributed by atoms with Gasteiger partial charge in [-0.25, -0.2) is 0 Å². The highest BCUT2D eigenvalue weighted by Crippen LogP contribution is 2.26. The predicted molar refractivity (Wildman–Crippen MR) is 68.4 cm³/mol. The van der Waals surface area contributed by atoms with Crippen LogP contribution >= 0.6 is 0 Å². The predicted octanol–water partition coefficient (Wildman–Crippen LogP) is 2.82. The molecule has 1 aliphatic carbocycles. The Balaban J connectivity index is 1.87. The average molecular weight is 235 g/mol. The molecule has 0 unspecified atom stereocenters. The van der Waals surface area contributed by atoms with E-state index in [0.717, 1.165) is 12.1 Å². The molecule has 0 atom stereocenters. The van der Waals surface area contributed by atoms with Gasteiger partial charge in [0.1, 0.15) is 0 Å². The van der Waals surface area contributed by atoms with E-state index < -0.39 is 0 Å². The quantitative estimate of drug-likeness (QED) is 0.843.